The normalized spacial score (nSPS) is 27.2. The Bertz CT molecular complexity index is 450. The molecule has 90 valence electrons. The molecule has 0 aromatic heterocycles. The molecule has 2 aliphatic carbocycles. The molecule has 0 unspecified atom stereocenters. The minimum Gasteiger partial charge on any atom is -0.497 e. The molecule has 2 aliphatic rings. The first-order valence-corrected chi connectivity index (χ1v) is 6.46. The van der Waals surface area contributed by atoms with Crippen LogP contribution in [0.4, 0.5) is 0 Å². The van der Waals surface area contributed by atoms with Crippen LogP contribution in [-0.2, 0) is 11.2 Å². The number of Topliss-reactive ketones (excluding diaryl/α,β-unsaturated/α-hetero) is 1. The van der Waals surface area contributed by atoms with Gasteiger partial charge >= 0.3 is 0 Å². The molecule has 1 aromatic rings. The number of methoxy groups -OCH3 is 1. The van der Waals surface area contributed by atoms with Crippen molar-refractivity contribution in [2.75, 3.05) is 7.11 Å². The fraction of sp³-hybridized carbons (Fsp3) is 0.533. The summed E-state index contributed by atoms with van der Waals surface area (Å²) in [6.45, 7) is 0. The first-order chi connectivity index (χ1) is 8.28. The Balaban J connectivity index is 1.97. The van der Waals surface area contributed by atoms with Crippen LogP contribution in [0.5, 0.6) is 5.75 Å². The molecule has 2 atom stereocenters. The second-order valence-corrected chi connectivity index (χ2v) is 5.25. The lowest BCUT2D eigenvalue weighted by atomic mass is 9.68. The Morgan fingerprint density at radius 2 is 2.06 bits per heavy atom. The van der Waals surface area contributed by atoms with Crippen LogP contribution in [0.2, 0.25) is 0 Å². The standard InChI is InChI=1S/C15H18O2/c1-17-13-6-7-14-11(8-13)3-2-10-4-5-12(16)9-15(10)14/h6-8,10,15H,2-5,9H2,1H3/t10-,15+/m0/s1. The molecule has 0 spiro atoms. The summed E-state index contributed by atoms with van der Waals surface area (Å²) in [5.41, 5.74) is 2.79. The van der Waals surface area contributed by atoms with Gasteiger partial charge in [0.15, 0.2) is 0 Å². The summed E-state index contributed by atoms with van der Waals surface area (Å²) in [7, 11) is 1.71. The Hall–Kier alpha value is -1.31. The van der Waals surface area contributed by atoms with Crippen LogP contribution < -0.4 is 4.74 Å². The largest absolute Gasteiger partial charge is 0.497 e. The second kappa shape index (κ2) is 4.17. The Morgan fingerprint density at radius 1 is 1.24 bits per heavy atom. The van der Waals surface area contributed by atoms with E-state index in [1.807, 2.05) is 6.07 Å². The molecule has 0 saturated heterocycles. The number of aryl methyl sites for hydroxylation is 1. The topological polar surface area (TPSA) is 26.3 Å². The quantitative estimate of drug-likeness (QED) is 0.741. The van der Waals surface area contributed by atoms with Crippen LogP contribution in [0.1, 0.15) is 42.7 Å². The minimum atomic E-state index is 0.440. The maximum absolute atomic E-state index is 11.6. The average Bonchev–Trinajstić information content (AvgIpc) is 2.37. The number of carbonyl (C=O) groups is 1. The van der Waals surface area contributed by atoms with Crippen molar-refractivity contribution in [1.29, 1.82) is 0 Å². The third-order valence-electron chi connectivity index (χ3n) is 4.34. The number of rotatable bonds is 1. The van der Waals surface area contributed by atoms with Crippen molar-refractivity contribution < 1.29 is 9.53 Å². The summed E-state index contributed by atoms with van der Waals surface area (Å²) >= 11 is 0. The molecule has 2 nitrogen and oxygen atoms in total. The van der Waals surface area contributed by atoms with Gasteiger partial charge in [0.1, 0.15) is 11.5 Å². The third kappa shape index (κ3) is 1.86. The molecule has 17 heavy (non-hydrogen) atoms. The molecule has 1 aromatic carbocycles. The van der Waals surface area contributed by atoms with Gasteiger partial charge < -0.3 is 4.74 Å². The van der Waals surface area contributed by atoms with Crippen molar-refractivity contribution >= 4 is 5.78 Å². The molecule has 1 saturated carbocycles. The van der Waals surface area contributed by atoms with E-state index in [-0.39, 0.29) is 0 Å². The van der Waals surface area contributed by atoms with E-state index in [9.17, 15) is 4.79 Å². The van der Waals surface area contributed by atoms with Crippen molar-refractivity contribution in [3.05, 3.63) is 29.3 Å². The van der Waals surface area contributed by atoms with Gasteiger partial charge in [0, 0.05) is 12.8 Å². The zero-order chi connectivity index (χ0) is 11.8. The molecule has 0 aliphatic heterocycles. The molecule has 0 N–H and O–H groups in total. The first kappa shape index (κ1) is 10.8. The predicted octanol–water partition coefficient (Wildman–Crippen LogP) is 3.09. The van der Waals surface area contributed by atoms with Crippen molar-refractivity contribution in [3.8, 4) is 5.75 Å². The summed E-state index contributed by atoms with van der Waals surface area (Å²) < 4.78 is 5.27. The number of hydrogen-bond acceptors (Lipinski definition) is 2. The van der Waals surface area contributed by atoms with E-state index in [2.05, 4.69) is 12.1 Å². The summed E-state index contributed by atoms with van der Waals surface area (Å²) in [6.07, 6.45) is 5.02. The highest BCUT2D eigenvalue weighted by molar-refractivity contribution is 5.80. The van der Waals surface area contributed by atoms with Crippen LogP contribution in [0.25, 0.3) is 0 Å². The Labute approximate surface area is 102 Å². The Morgan fingerprint density at radius 3 is 2.88 bits per heavy atom. The van der Waals surface area contributed by atoms with Crippen LogP contribution in [0, 0.1) is 5.92 Å². The predicted molar refractivity (Wildman–Crippen MR) is 66.4 cm³/mol. The van der Waals surface area contributed by atoms with E-state index in [4.69, 9.17) is 4.74 Å². The van der Waals surface area contributed by atoms with Crippen LogP contribution in [0.15, 0.2) is 18.2 Å². The molecule has 0 radical (unpaired) electrons. The molecule has 0 heterocycles. The monoisotopic (exact) mass is 230 g/mol. The third-order valence-corrected chi connectivity index (χ3v) is 4.34. The van der Waals surface area contributed by atoms with E-state index >= 15 is 0 Å². The molecule has 0 bridgehead atoms. The van der Waals surface area contributed by atoms with Crippen LogP contribution >= 0.6 is 0 Å². The molecular formula is C15H18O2. The number of fused-ring (bicyclic) bond motifs is 3. The summed E-state index contributed by atoms with van der Waals surface area (Å²) in [5.74, 6) is 2.58. The lowest BCUT2D eigenvalue weighted by Crippen LogP contribution is -2.27. The highest BCUT2D eigenvalue weighted by Crippen LogP contribution is 2.44. The Kier molecular flexibility index (Phi) is 2.65. The SMILES string of the molecule is COc1ccc2c(c1)CC[C@H]1CCC(=O)C[C@@H]21. The van der Waals surface area contributed by atoms with Crippen molar-refractivity contribution in [2.45, 2.75) is 38.0 Å². The van der Waals surface area contributed by atoms with Crippen molar-refractivity contribution in [3.63, 3.8) is 0 Å². The van der Waals surface area contributed by atoms with Gasteiger partial charge in [-0.25, -0.2) is 0 Å². The van der Waals surface area contributed by atoms with Gasteiger partial charge in [0.25, 0.3) is 0 Å². The van der Waals surface area contributed by atoms with Gasteiger partial charge in [-0.2, -0.15) is 0 Å². The number of benzene rings is 1. The molecular weight excluding hydrogens is 212 g/mol. The number of ketones is 1. The minimum absolute atomic E-state index is 0.440. The lowest BCUT2D eigenvalue weighted by Gasteiger charge is -2.36. The van der Waals surface area contributed by atoms with E-state index in [1.165, 1.54) is 17.5 Å². The van der Waals surface area contributed by atoms with E-state index in [1.54, 1.807) is 7.11 Å². The van der Waals surface area contributed by atoms with Crippen molar-refractivity contribution in [2.24, 2.45) is 5.92 Å². The fourth-order valence-electron chi connectivity index (χ4n) is 3.40. The highest BCUT2D eigenvalue weighted by Gasteiger charge is 2.34. The smallest absolute Gasteiger partial charge is 0.133 e. The number of ether oxygens (including phenoxy) is 1. The molecule has 3 rings (SSSR count). The number of hydrogen-bond donors (Lipinski definition) is 0. The summed E-state index contributed by atoms with van der Waals surface area (Å²) in [4.78, 5) is 11.6. The van der Waals surface area contributed by atoms with Gasteiger partial charge in [-0.3, -0.25) is 4.79 Å². The average molecular weight is 230 g/mol. The van der Waals surface area contributed by atoms with Gasteiger partial charge in [-0.05, 0) is 54.4 Å². The number of carbonyl (C=O) groups excluding carboxylic acids is 1. The zero-order valence-corrected chi connectivity index (χ0v) is 10.2. The maximum Gasteiger partial charge on any atom is 0.133 e. The van der Waals surface area contributed by atoms with Crippen LogP contribution in [0.3, 0.4) is 0 Å². The van der Waals surface area contributed by atoms with Gasteiger partial charge in [0.2, 0.25) is 0 Å². The van der Waals surface area contributed by atoms with E-state index < -0.39 is 0 Å². The maximum atomic E-state index is 11.6. The molecule has 0 amide bonds. The first-order valence-electron chi connectivity index (χ1n) is 6.46. The van der Waals surface area contributed by atoms with Gasteiger partial charge in [0.05, 0.1) is 7.11 Å². The summed E-state index contributed by atoms with van der Waals surface area (Å²) in [6, 6.07) is 6.34. The van der Waals surface area contributed by atoms with Crippen molar-refractivity contribution in [1.82, 2.24) is 0 Å². The van der Waals surface area contributed by atoms with E-state index in [0.717, 1.165) is 37.4 Å². The fourth-order valence-corrected chi connectivity index (χ4v) is 3.40. The van der Waals surface area contributed by atoms with Crippen LogP contribution in [-0.4, -0.2) is 12.9 Å². The second-order valence-electron chi connectivity index (χ2n) is 5.25. The highest BCUT2D eigenvalue weighted by atomic mass is 16.5. The molecule has 2 heteroatoms. The molecule has 1 fully saturated rings. The lowest BCUT2D eigenvalue weighted by molar-refractivity contribution is -0.121. The summed E-state index contributed by atoms with van der Waals surface area (Å²) in [5, 5.41) is 0. The van der Waals surface area contributed by atoms with E-state index in [0.29, 0.717) is 11.7 Å². The van der Waals surface area contributed by atoms with Gasteiger partial charge in [-0.15, -0.1) is 0 Å². The zero-order valence-electron chi connectivity index (χ0n) is 10.2. The van der Waals surface area contributed by atoms with Gasteiger partial charge in [-0.1, -0.05) is 6.07 Å².